The minimum Gasteiger partial charge on any atom is -0.324 e. The molecular formula is C13H18N2OS. The number of nitrogens with two attached hydrogens (primary N) is 1. The van der Waals surface area contributed by atoms with E-state index in [0.717, 1.165) is 11.3 Å². The van der Waals surface area contributed by atoms with Gasteiger partial charge in [-0.05, 0) is 18.1 Å². The molecule has 1 aliphatic rings. The van der Waals surface area contributed by atoms with Gasteiger partial charge in [-0.2, -0.15) is 0 Å². The SMILES string of the molecule is CC(C)C(C)Sc1ccc2c(c1)NC(=O)C2N. The standard InChI is InChI=1S/C13H18N2OS/c1-7(2)8(3)17-9-4-5-10-11(6-9)15-13(16)12(10)14/h4-8,12H,14H2,1-3H3,(H,15,16). The molecule has 2 rings (SSSR count). The Labute approximate surface area is 106 Å². The summed E-state index contributed by atoms with van der Waals surface area (Å²) in [6.45, 7) is 6.64. The predicted molar refractivity (Wildman–Crippen MR) is 72.2 cm³/mol. The largest absolute Gasteiger partial charge is 0.324 e. The van der Waals surface area contributed by atoms with E-state index in [9.17, 15) is 4.79 Å². The van der Waals surface area contributed by atoms with E-state index in [1.807, 2.05) is 30.0 Å². The third-order valence-electron chi connectivity index (χ3n) is 3.16. The van der Waals surface area contributed by atoms with Crippen molar-refractivity contribution in [3.05, 3.63) is 23.8 Å². The number of rotatable bonds is 3. The number of hydrogen-bond donors (Lipinski definition) is 2. The van der Waals surface area contributed by atoms with Crippen LogP contribution in [-0.2, 0) is 4.79 Å². The van der Waals surface area contributed by atoms with Crippen LogP contribution in [0, 0.1) is 5.92 Å². The lowest BCUT2D eigenvalue weighted by Crippen LogP contribution is -2.19. The molecule has 0 aliphatic carbocycles. The molecule has 2 atom stereocenters. The number of fused-ring (bicyclic) bond motifs is 1. The van der Waals surface area contributed by atoms with Gasteiger partial charge in [-0.25, -0.2) is 0 Å². The van der Waals surface area contributed by atoms with E-state index >= 15 is 0 Å². The van der Waals surface area contributed by atoms with Crippen LogP contribution in [0.25, 0.3) is 0 Å². The molecular weight excluding hydrogens is 232 g/mol. The van der Waals surface area contributed by atoms with Gasteiger partial charge in [-0.15, -0.1) is 11.8 Å². The molecule has 1 aliphatic heterocycles. The van der Waals surface area contributed by atoms with Gasteiger partial charge < -0.3 is 11.1 Å². The lowest BCUT2D eigenvalue weighted by molar-refractivity contribution is -0.116. The smallest absolute Gasteiger partial charge is 0.245 e. The zero-order valence-corrected chi connectivity index (χ0v) is 11.2. The second-order valence-electron chi connectivity index (χ2n) is 4.78. The first-order valence-electron chi connectivity index (χ1n) is 5.86. The predicted octanol–water partition coefficient (Wildman–Crippen LogP) is 2.78. The van der Waals surface area contributed by atoms with Crippen LogP contribution in [0.5, 0.6) is 0 Å². The van der Waals surface area contributed by atoms with E-state index in [1.165, 1.54) is 4.90 Å². The first-order chi connectivity index (χ1) is 7.99. The van der Waals surface area contributed by atoms with Gasteiger partial charge >= 0.3 is 0 Å². The third kappa shape index (κ3) is 2.48. The van der Waals surface area contributed by atoms with Crippen molar-refractivity contribution in [1.82, 2.24) is 0 Å². The third-order valence-corrected chi connectivity index (χ3v) is 4.60. The van der Waals surface area contributed by atoms with Crippen molar-refractivity contribution in [1.29, 1.82) is 0 Å². The van der Waals surface area contributed by atoms with Crippen molar-refractivity contribution in [3.8, 4) is 0 Å². The summed E-state index contributed by atoms with van der Waals surface area (Å²) in [7, 11) is 0. The number of hydrogen-bond acceptors (Lipinski definition) is 3. The van der Waals surface area contributed by atoms with Crippen molar-refractivity contribution in [2.24, 2.45) is 11.7 Å². The van der Waals surface area contributed by atoms with Gasteiger partial charge in [0.05, 0.1) is 0 Å². The highest BCUT2D eigenvalue weighted by Crippen LogP contribution is 2.35. The number of thioether (sulfide) groups is 1. The molecule has 0 saturated heterocycles. The zero-order valence-electron chi connectivity index (χ0n) is 10.4. The molecule has 0 bridgehead atoms. The van der Waals surface area contributed by atoms with E-state index in [-0.39, 0.29) is 5.91 Å². The highest BCUT2D eigenvalue weighted by atomic mass is 32.2. The molecule has 0 aromatic heterocycles. The highest BCUT2D eigenvalue weighted by molar-refractivity contribution is 8.00. The molecule has 1 aromatic carbocycles. The Bertz CT molecular complexity index is 445. The van der Waals surface area contributed by atoms with Gasteiger partial charge in [-0.3, -0.25) is 4.79 Å². The van der Waals surface area contributed by atoms with Crippen molar-refractivity contribution in [2.75, 3.05) is 5.32 Å². The number of amides is 1. The van der Waals surface area contributed by atoms with E-state index in [1.54, 1.807) is 0 Å². The monoisotopic (exact) mass is 250 g/mol. The Morgan fingerprint density at radius 1 is 1.35 bits per heavy atom. The number of anilines is 1. The van der Waals surface area contributed by atoms with Crippen LogP contribution in [0.3, 0.4) is 0 Å². The molecule has 17 heavy (non-hydrogen) atoms. The van der Waals surface area contributed by atoms with Gasteiger partial charge in [0.2, 0.25) is 5.91 Å². The van der Waals surface area contributed by atoms with E-state index < -0.39 is 6.04 Å². The molecule has 4 heteroatoms. The summed E-state index contributed by atoms with van der Waals surface area (Å²) in [6.07, 6.45) is 0. The van der Waals surface area contributed by atoms with Gasteiger partial charge in [0.25, 0.3) is 0 Å². The van der Waals surface area contributed by atoms with Crippen LogP contribution < -0.4 is 11.1 Å². The molecule has 0 saturated carbocycles. The van der Waals surface area contributed by atoms with Crippen LogP contribution in [0.2, 0.25) is 0 Å². The van der Waals surface area contributed by atoms with Gasteiger partial charge in [-0.1, -0.05) is 26.8 Å². The summed E-state index contributed by atoms with van der Waals surface area (Å²) in [5, 5.41) is 3.37. The normalized spacial score (nSPS) is 20.3. The Hall–Kier alpha value is -1.00. The topological polar surface area (TPSA) is 55.1 Å². The average molecular weight is 250 g/mol. The minimum absolute atomic E-state index is 0.112. The fraction of sp³-hybridized carbons (Fsp3) is 0.462. The number of nitrogens with one attached hydrogen (secondary N) is 1. The summed E-state index contributed by atoms with van der Waals surface area (Å²) >= 11 is 1.83. The number of carbonyl (C=O) groups is 1. The van der Waals surface area contributed by atoms with Crippen molar-refractivity contribution in [2.45, 2.75) is 37.0 Å². The first kappa shape index (κ1) is 12.5. The maximum atomic E-state index is 11.4. The summed E-state index contributed by atoms with van der Waals surface area (Å²) < 4.78 is 0. The quantitative estimate of drug-likeness (QED) is 0.811. The Balaban J connectivity index is 2.19. The lowest BCUT2D eigenvalue weighted by atomic mass is 10.1. The average Bonchev–Trinajstić information content (AvgIpc) is 2.54. The van der Waals surface area contributed by atoms with Crippen molar-refractivity contribution >= 4 is 23.4 Å². The Morgan fingerprint density at radius 2 is 2.06 bits per heavy atom. The molecule has 0 fully saturated rings. The zero-order chi connectivity index (χ0) is 12.6. The molecule has 2 unspecified atom stereocenters. The second kappa shape index (κ2) is 4.70. The molecule has 1 amide bonds. The molecule has 3 N–H and O–H groups in total. The Kier molecular flexibility index (Phi) is 3.45. The molecule has 0 spiro atoms. The van der Waals surface area contributed by atoms with Crippen LogP contribution in [0.4, 0.5) is 5.69 Å². The maximum absolute atomic E-state index is 11.4. The molecule has 0 radical (unpaired) electrons. The Morgan fingerprint density at radius 3 is 2.71 bits per heavy atom. The van der Waals surface area contributed by atoms with Gasteiger partial charge in [0, 0.05) is 21.4 Å². The van der Waals surface area contributed by atoms with Gasteiger partial charge in [0.15, 0.2) is 0 Å². The highest BCUT2D eigenvalue weighted by Gasteiger charge is 2.27. The molecule has 1 heterocycles. The van der Waals surface area contributed by atoms with Crippen molar-refractivity contribution < 1.29 is 4.79 Å². The summed E-state index contributed by atoms with van der Waals surface area (Å²) in [5.41, 5.74) is 7.53. The van der Waals surface area contributed by atoms with Crippen molar-refractivity contribution in [3.63, 3.8) is 0 Å². The van der Waals surface area contributed by atoms with Crippen LogP contribution in [-0.4, -0.2) is 11.2 Å². The minimum atomic E-state index is -0.508. The summed E-state index contributed by atoms with van der Waals surface area (Å²) in [6, 6.07) is 5.51. The fourth-order valence-corrected chi connectivity index (χ4v) is 2.72. The lowest BCUT2D eigenvalue weighted by Gasteiger charge is -2.15. The van der Waals surface area contributed by atoms with E-state index in [2.05, 4.69) is 26.1 Å². The number of benzene rings is 1. The fourth-order valence-electron chi connectivity index (χ4n) is 1.69. The second-order valence-corrected chi connectivity index (χ2v) is 6.23. The van der Waals surface area contributed by atoms with Gasteiger partial charge in [0.1, 0.15) is 6.04 Å². The molecule has 1 aromatic rings. The summed E-state index contributed by atoms with van der Waals surface area (Å²) in [4.78, 5) is 12.6. The summed E-state index contributed by atoms with van der Waals surface area (Å²) in [5.74, 6) is 0.518. The van der Waals surface area contributed by atoms with E-state index in [0.29, 0.717) is 11.2 Å². The molecule has 92 valence electrons. The molecule has 3 nitrogen and oxygen atoms in total. The van der Waals surface area contributed by atoms with E-state index in [4.69, 9.17) is 5.73 Å². The number of carbonyl (C=O) groups excluding carboxylic acids is 1. The van der Waals surface area contributed by atoms with Crippen LogP contribution in [0.15, 0.2) is 23.1 Å². The van der Waals surface area contributed by atoms with Crippen LogP contribution in [0.1, 0.15) is 32.4 Å². The maximum Gasteiger partial charge on any atom is 0.245 e. The van der Waals surface area contributed by atoms with Crippen LogP contribution >= 0.6 is 11.8 Å². The first-order valence-corrected chi connectivity index (χ1v) is 6.74.